The van der Waals surface area contributed by atoms with Gasteiger partial charge in [0.2, 0.25) is 0 Å². The summed E-state index contributed by atoms with van der Waals surface area (Å²) in [4.78, 5) is 12.8. The van der Waals surface area contributed by atoms with E-state index in [0.29, 0.717) is 41.7 Å². The predicted molar refractivity (Wildman–Crippen MR) is 131 cm³/mol. The number of rotatable bonds is 11. The van der Waals surface area contributed by atoms with E-state index >= 15 is 0 Å². The first-order valence-corrected chi connectivity index (χ1v) is 12.3. The zero-order chi connectivity index (χ0) is 24.6. The molecule has 0 aliphatic heterocycles. The molecule has 0 unspecified atom stereocenters. The molecule has 0 spiro atoms. The second kappa shape index (κ2) is 11.4. The highest BCUT2D eigenvalue weighted by Gasteiger charge is 2.21. The third kappa shape index (κ3) is 6.41. The molecule has 8 nitrogen and oxygen atoms in total. The van der Waals surface area contributed by atoms with E-state index < -0.39 is 16.1 Å². The van der Waals surface area contributed by atoms with Crippen molar-refractivity contribution in [3.63, 3.8) is 0 Å². The molecule has 0 bridgehead atoms. The molecule has 2 N–H and O–H groups in total. The maximum atomic E-state index is 12.7. The van der Waals surface area contributed by atoms with Crippen LogP contribution in [0.3, 0.4) is 0 Å². The number of methoxy groups -OCH3 is 1. The Labute approximate surface area is 199 Å². The van der Waals surface area contributed by atoms with Crippen LogP contribution in [0.15, 0.2) is 77.7 Å². The lowest BCUT2D eigenvalue weighted by Crippen LogP contribution is -2.32. The SMILES string of the molecule is CCOc1ccc(NS(=O)(=O)c2ccc(NC(=O)[C@H](CC)Oc3ccccc3OC)cc2)cc1. The molecule has 180 valence electrons. The van der Waals surface area contributed by atoms with Crippen molar-refractivity contribution in [1.29, 1.82) is 0 Å². The van der Waals surface area contributed by atoms with Crippen LogP contribution in [0.1, 0.15) is 20.3 Å². The molecule has 1 atom stereocenters. The molecule has 0 heterocycles. The van der Waals surface area contributed by atoms with Gasteiger partial charge in [0.1, 0.15) is 5.75 Å². The molecule has 1 amide bonds. The van der Waals surface area contributed by atoms with Crippen molar-refractivity contribution in [2.24, 2.45) is 0 Å². The Kier molecular flexibility index (Phi) is 8.37. The number of carbonyl (C=O) groups is 1. The van der Waals surface area contributed by atoms with E-state index in [0.717, 1.165) is 0 Å². The molecule has 0 aliphatic rings. The van der Waals surface area contributed by atoms with E-state index in [-0.39, 0.29) is 10.8 Å². The number of carbonyl (C=O) groups excluding carboxylic acids is 1. The zero-order valence-electron chi connectivity index (χ0n) is 19.3. The Balaban J connectivity index is 1.65. The van der Waals surface area contributed by atoms with Gasteiger partial charge in [0, 0.05) is 11.4 Å². The Hall–Kier alpha value is -3.72. The molecule has 9 heteroatoms. The van der Waals surface area contributed by atoms with Crippen molar-refractivity contribution in [3.8, 4) is 17.2 Å². The molecule has 0 fully saturated rings. The minimum Gasteiger partial charge on any atom is -0.494 e. The third-order valence-electron chi connectivity index (χ3n) is 4.85. The van der Waals surface area contributed by atoms with Crippen molar-refractivity contribution in [2.45, 2.75) is 31.3 Å². The van der Waals surface area contributed by atoms with Crippen LogP contribution < -0.4 is 24.2 Å². The lowest BCUT2D eigenvalue weighted by Gasteiger charge is -2.19. The van der Waals surface area contributed by atoms with E-state index in [1.807, 2.05) is 19.9 Å². The van der Waals surface area contributed by atoms with Crippen LogP contribution >= 0.6 is 0 Å². The quantitative estimate of drug-likeness (QED) is 0.409. The fourth-order valence-electron chi connectivity index (χ4n) is 3.13. The predicted octanol–water partition coefficient (Wildman–Crippen LogP) is 4.69. The van der Waals surface area contributed by atoms with Crippen LogP contribution in [0.4, 0.5) is 11.4 Å². The van der Waals surface area contributed by atoms with Gasteiger partial charge in [-0.25, -0.2) is 8.42 Å². The first kappa shape index (κ1) is 24.9. The summed E-state index contributed by atoms with van der Waals surface area (Å²) in [5.74, 6) is 1.30. The number of benzene rings is 3. The van der Waals surface area contributed by atoms with E-state index in [1.165, 1.54) is 31.4 Å². The van der Waals surface area contributed by atoms with Crippen LogP contribution in [-0.2, 0) is 14.8 Å². The highest BCUT2D eigenvalue weighted by Crippen LogP contribution is 2.28. The first-order chi connectivity index (χ1) is 16.4. The molecular formula is C25H28N2O6S. The summed E-state index contributed by atoms with van der Waals surface area (Å²) >= 11 is 0. The highest BCUT2D eigenvalue weighted by molar-refractivity contribution is 7.92. The number of anilines is 2. The minimum absolute atomic E-state index is 0.0664. The zero-order valence-corrected chi connectivity index (χ0v) is 20.1. The maximum absolute atomic E-state index is 12.7. The van der Waals surface area contributed by atoms with Crippen molar-refractivity contribution in [2.75, 3.05) is 23.8 Å². The maximum Gasteiger partial charge on any atom is 0.265 e. The summed E-state index contributed by atoms with van der Waals surface area (Å²) in [6, 6.07) is 19.6. The summed E-state index contributed by atoms with van der Waals surface area (Å²) < 4.78 is 44.4. The normalized spacial score (nSPS) is 11.9. The summed E-state index contributed by atoms with van der Waals surface area (Å²) in [6.07, 6.45) is -0.316. The van der Waals surface area contributed by atoms with Crippen LogP contribution in [0.5, 0.6) is 17.2 Å². The fourth-order valence-corrected chi connectivity index (χ4v) is 4.19. The average Bonchev–Trinajstić information content (AvgIpc) is 2.84. The molecule has 34 heavy (non-hydrogen) atoms. The summed E-state index contributed by atoms with van der Waals surface area (Å²) in [5.41, 5.74) is 0.868. The summed E-state index contributed by atoms with van der Waals surface area (Å²) in [7, 11) is -2.26. The number of para-hydroxylation sites is 2. The fraction of sp³-hybridized carbons (Fsp3) is 0.240. The van der Waals surface area contributed by atoms with Gasteiger partial charge in [-0.1, -0.05) is 19.1 Å². The monoisotopic (exact) mass is 484 g/mol. The Bertz CT molecular complexity index is 1190. The smallest absolute Gasteiger partial charge is 0.265 e. The van der Waals surface area contributed by atoms with Crippen molar-refractivity contribution in [1.82, 2.24) is 0 Å². The molecule has 0 aromatic heterocycles. The van der Waals surface area contributed by atoms with Gasteiger partial charge < -0.3 is 19.5 Å². The number of hydrogen-bond acceptors (Lipinski definition) is 6. The molecule has 3 rings (SSSR count). The highest BCUT2D eigenvalue weighted by atomic mass is 32.2. The van der Waals surface area contributed by atoms with Crippen molar-refractivity contribution in [3.05, 3.63) is 72.8 Å². The Morgan fingerprint density at radius 2 is 1.50 bits per heavy atom. The van der Waals surface area contributed by atoms with Crippen LogP contribution in [0.2, 0.25) is 0 Å². The van der Waals surface area contributed by atoms with E-state index in [2.05, 4.69) is 10.0 Å². The first-order valence-electron chi connectivity index (χ1n) is 10.8. The molecule has 0 radical (unpaired) electrons. The number of ether oxygens (including phenoxy) is 3. The van der Waals surface area contributed by atoms with Gasteiger partial charge in [0.25, 0.3) is 15.9 Å². The van der Waals surface area contributed by atoms with Gasteiger partial charge in [0.05, 0.1) is 18.6 Å². The number of sulfonamides is 1. The van der Waals surface area contributed by atoms with E-state index in [1.54, 1.807) is 42.5 Å². The number of amides is 1. The van der Waals surface area contributed by atoms with Gasteiger partial charge in [-0.2, -0.15) is 0 Å². The lowest BCUT2D eigenvalue weighted by molar-refractivity contribution is -0.122. The minimum atomic E-state index is -3.80. The largest absolute Gasteiger partial charge is 0.494 e. The molecular weight excluding hydrogens is 456 g/mol. The average molecular weight is 485 g/mol. The van der Waals surface area contributed by atoms with Crippen LogP contribution in [0, 0.1) is 0 Å². The van der Waals surface area contributed by atoms with Gasteiger partial charge in [-0.3, -0.25) is 9.52 Å². The topological polar surface area (TPSA) is 103 Å². The van der Waals surface area contributed by atoms with E-state index in [9.17, 15) is 13.2 Å². The van der Waals surface area contributed by atoms with Gasteiger partial charge in [0.15, 0.2) is 17.6 Å². The molecule has 0 aliphatic carbocycles. The van der Waals surface area contributed by atoms with Crippen LogP contribution in [0.25, 0.3) is 0 Å². The third-order valence-corrected chi connectivity index (χ3v) is 6.25. The second-order valence-electron chi connectivity index (χ2n) is 7.24. The van der Waals surface area contributed by atoms with Crippen molar-refractivity contribution < 1.29 is 27.4 Å². The van der Waals surface area contributed by atoms with Gasteiger partial charge in [-0.15, -0.1) is 0 Å². The Morgan fingerprint density at radius 3 is 2.09 bits per heavy atom. The summed E-state index contributed by atoms with van der Waals surface area (Å²) in [6.45, 7) is 4.24. The van der Waals surface area contributed by atoms with Gasteiger partial charge >= 0.3 is 0 Å². The van der Waals surface area contributed by atoms with Crippen molar-refractivity contribution >= 4 is 27.3 Å². The number of nitrogens with one attached hydrogen (secondary N) is 2. The molecule has 3 aromatic rings. The molecule has 3 aromatic carbocycles. The standard InChI is InChI=1S/C25H28N2O6S/c1-4-22(33-24-9-7-6-8-23(24)31-3)25(28)26-18-12-16-21(17-13-18)34(29,30)27-19-10-14-20(15-11-19)32-5-2/h6-17,22,27H,4-5H2,1-3H3,(H,26,28)/t22-/m0/s1. The van der Waals surface area contributed by atoms with E-state index in [4.69, 9.17) is 14.2 Å². The number of hydrogen-bond donors (Lipinski definition) is 2. The molecule has 0 saturated carbocycles. The van der Waals surface area contributed by atoms with Crippen LogP contribution in [-0.4, -0.2) is 34.1 Å². The van der Waals surface area contributed by atoms with Gasteiger partial charge in [-0.05, 0) is 74.0 Å². The molecule has 0 saturated heterocycles. The lowest BCUT2D eigenvalue weighted by atomic mass is 10.2. The second-order valence-corrected chi connectivity index (χ2v) is 8.92. The summed E-state index contributed by atoms with van der Waals surface area (Å²) in [5, 5.41) is 2.76. The Morgan fingerprint density at radius 1 is 0.882 bits per heavy atom.